The highest BCUT2D eigenvalue weighted by molar-refractivity contribution is 14.1. The van der Waals surface area contributed by atoms with Gasteiger partial charge in [-0.15, -0.1) is 0 Å². The van der Waals surface area contributed by atoms with Crippen LogP contribution in [-0.2, 0) is 9.53 Å². The van der Waals surface area contributed by atoms with Crippen molar-refractivity contribution in [1.29, 1.82) is 0 Å². The lowest BCUT2D eigenvalue weighted by atomic mass is 9.70. The summed E-state index contributed by atoms with van der Waals surface area (Å²) < 4.78 is 5.80. The van der Waals surface area contributed by atoms with Crippen LogP contribution in [0.2, 0.25) is 0 Å². The number of esters is 1. The topological polar surface area (TPSA) is 26.3 Å². The predicted molar refractivity (Wildman–Crippen MR) is 77.2 cm³/mol. The molecule has 4 atom stereocenters. The van der Waals surface area contributed by atoms with Crippen molar-refractivity contribution in [1.82, 2.24) is 0 Å². The van der Waals surface area contributed by atoms with Gasteiger partial charge in [-0.1, -0.05) is 50.3 Å². The van der Waals surface area contributed by atoms with Crippen LogP contribution in [0, 0.1) is 16.7 Å². The van der Waals surface area contributed by atoms with E-state index in [0.717, 1.165) is 18.8 Å². The molecular formula is C14H23IO2. The van der Waals surface area contributed by atoms with E-state index >= 15 is 0 Å². The molecule has 0 saturated heterocycles. The zero-order valence-corrected chi connectivity index (χ0v) is 13.4. The van der Waals surface area contributed by atoms with Gasteiger partial charge in [0.1, 0.15) is 10.0 Å². The predicted octanol–water partition coefficient (Wildman–Crippen LogP) is 3.96. The fourth-order valence-corrected chi connectivity index (χ4v) is 3.84. The summed E-state index contributed by atoms with van der Waals surface area (Å²) in [5, 5.41) is 0. The first-order chi connectivity index (χ1) is 7.83. The molecule has 0 radical (unpaired) electrons. The SMILES string of the molecule is CCC(I)C(=O)OC1CC2CCC1(C)C2(C)C. The van der Waals surface area contributed by atoms with Gasteiger partial charge in [-0.2, -0.15) is 0 Å². The molecule has 2 rings (SSSR count). The van der Waals surface area contributed by atoms with Crippen molar-refractivity contribution >= 4 is 28.6 Å². The molecule has 0 aliphatic heterocycles. The van der Waals surface area contributed by atoms with Crippen molar-refractivity contribution in [2.24, 2.45) is 16.7 Å². The van der Waals surface area contributed by atoms with E-state index in [9.17, 15) is 4.79 Å². The summed E-state index contributed by atoms with van der Waals surface area (Å²) in [4.78, 5) is 11.9. The van der Waals surface area contributed by atoms with Gasteiger partial charge in [0.15, 0.2) is 0 Å². The molecule has 0 heterocycles. The van der Waals surface area contributed by atoms with Gasteiger partial charge in [-0.25, -0.2) is 0 Å². The lowest BCUT2D eigenvalue weighted by molar-refractivity contribution is -0.155. The highest BCUT2D eigenvalue weighted by Gasteiger charge is 2.62. The highest BCUT2D eigenvalue weighted by atomic mass is 127. The van der Waals surface area contributed by atoms with E-state index in [4.69, 9.17) is 4.74 Å². The molecule has 2 nitrogen and oxygen atoms in total. The zero-order chi connectivity index (χ0) is 12.8. The molecule has 0 N–H and O–H groups in total. The number of rotatable bonds is 3. The third-order valence-corrected chi connectivity index (χ3v) is 6.98. The van der Waals surface area contributed by atoms with E-state index < -0.39 is 0 Å². The molecule has 0 aromatic carbocycles. The fraction of sp³-hybridized carbons (Fsp3) is 0.929. The minimum Gasteiger partial charge on any atom is -0.461 e. The third-order valence-electron chi connectivity index (χ3n) is 5.59. The maximum absolute atomic E-state index is 11.9. The van der Waals surface area contributed by atoms with Gasteiger partial charge in [0.05, 0.1) is 0 Å². The number of alkyl halides is 1. The molecule has 0 amide bonds. The molecule has 2 aliphatic rings. The number of fused-ring (bicyclic) bond motifs is 2. The summed E-state index contributed by atoms with van der Waals surface area (Å²) in [7, 11) is 0. The average Bonchev–Trinajstić information content (AvgIpc) is 2.60. The molecule has 0 aromatic rings. The van der Waals surface area contributed by atoms with Crippen molar-refractivity contribution in [2.45, 2.75) is 63.4 Å². The Labute approximate surface area is 118 Å². The van der Waals surface area contributed by atoms with Crippen LogP contribution in [-0.4, -0.2) is 16.0 Å². The summed E-state index contributed by atoms with van der Waals surface area (Å²) in [6.07, 6.45) is 4.59. The van der Waals surface area contributed by atoms with Crippen molar-refractivity contribution in [3.8, 4) is 0 Å². The second kappa shape index (κ2) is 4.39. The normalized spacial score (nSPS) is 40.3. The molecule has 2 saturated carbocycles. The van der Waals surface area contributed by atoms with Gasteiger partial charge in [0.25, 0.3) is 0 Å². The summed E-state index contributed by atoms with van der Waals surface area (Å²) >= 11 is 2.19. The van der Waals surface area contributed by atoms with Crippen LogP contribution >= 0.6 is 22.6 Å². The van der Waals surface area contributed by atoms with E-state index in [2.05, 4.69) is 43.4 Å². The molecular weight excluding hydrogens is 327 g/mol. The van der Waals surface area contributed by atoms with Crippen molar-refractivity contribution < 1.29 is 9.53 Å². The maximum atomic E-state index is 11.9. The third kappa shape index (κ3) is 1.92. The number of halogens is 1. The van der Waals surface area contributed by atoms with Crippen LogP contribution in [0.15, 0.2) is 0 Å². The summed E-state index contributed by atoms with van der Waals surface area (Å²) in [5.74, 6) is 0.724. The number of carbonyl (C=O) groups is 1. The van der Waals surface area contributed by atoms with Gasteiger partial charge < -0.3 is 4.74 Å². The lowest BCUT2D eigenvalue weighted by Gasteiger charge is -2.38. The summed E-state index contributed by atoms with van der Waals surface area (Å²) in [5.41, 5.74) is 0.516. The Morgan fingerprint density at radius 1 is 1.47 bits per heavy atom. The van der Waals surface area contributed by atoms with Crippen LogP contribution < -0.4 is 0 Å². The minimum atomic E-state index is -0.0114. The van der Waals surface area contributed by atoms with E-state index in [1.165, 1.54) is 12.8 Å². The van der Waals surface area contributed by atoms with Gasteiger partial charge in [0, 0.05) is 5.41 Å². The smallest absolute Gasteiger partial charge is 0.319 e. The Kier molecular flexibility index (Phi) is 3.52. The van der Waals surface area contributed by atoms with Crippen molar-refractivity contribution in [2.75, 3.05) is 0 Å². The Morgan fingerprint density at radius 3 is 2.53 bits per heavy atom. The van der Waals surface area contributed by atoms with Crippen LogP contribution in [0.4, 0.5) is 0 Å². The number of hydrogen-bond acceptors (Lipinski definition) is 2. The monoisotopic (exact) mass is 350 g/mol. The first-order valence-corrected chi connectivity index (χ1v) is 7.92. The Balaban J connectivity index is 2.08. The molecule has 2 bridgehead atoms. The summed E-state index contributed by atoms with van der Waals surface area (Å²) in [6, 6.07) is 0. The standard InChI is InChI=1S/C14H23IO2/c1-5-10(15)12(16)17-11-8-9-6-7-14(11,4)13(9,2)3/h9-11H,5-8H2,1-4H3. The molecule has 98 valence electrons. The summed E-state index contributed by atoms with van der Waals surface area (Å²) in [6.45, 7) is 9.04. The van der Waals surface area contributed by atoms with Crippen LogP contribution in [0.3, 0.4) is 0 Å². The largest absolute Gasteiger partial charge is 0.461 e. The Bertz CT molecular complexity index is 326. The van der Waals surface area contributed by atoms with Crippen molar-refractivity contribution in [3.05, 3.63) is 0 Å². The zero-order valence-electron chi connectivity index (χ0n) is 11.3. The van der Waals surface area contributed by atoms with Gasteiger partial charge in [-0.3, -0.25) is 4.79 Å². The highest BCUT2D eigenvalue weighted by Crippen LogP contribution is 2.66. The lowest BCUT2D eigenvalue weighted by Crippen LogP contribution is -2.39. The first kappa shape index (κ1) is 13.6. The minimum absolute atomic E-state index is 0.0114. The number of carbonyl (C=O) groups excluding carboxylic acids is 1. The van der Waals surface area contributed by atoms with Gasteiger partial charge >= 0.3 is 5.97 Å². The second-order valence-corrected chi connectivity index (χ2v) is 7.92. The van der Waals surface area contributed by atoms with E-state index in [0.29, 0.717) is 5.41 Å². The van der Waals surface area contributed by atoms with Crippen LogP contribution in [0.25, 0.3) is 0 Å². The molecule has 4 unspecified atom stereocenters. The molecule has 0 aromatic heterocycles. The Morgan fingerprint density at radius 2 is 2.12 bits per heavy atom. The maximum Gasteiger partial charge on any atom is 0.319 e. The second-order valence-electron chi connectivity index (χ2n) is 6.41. The molecule has 2 aliphatic carbocycles. The quantitative estimate of drug-likeness (QED) is 0.438. The van der Waals surface area contributed by atoms with Crippen LogP contribution in [0.1, 0.15) is 53.4 Å². The van der Waals surface area contributed by atoms with Crippen LogP contribution in [0.5, 0.6) is 0 Å². The molecule has 0 spiro atoms. The Hall–Kier alpha value is 0.200. The van der Waals surface area contributed by atoms with E-state index in [1.54, 1.807) is 0 Å². The molecule has 3 heteroatoms. The first-order valence-electron chi connectivity index (χ1n) is 6.67. The van der Waals surface area contributed by atoms with Gasteiger partial charge in [-0.05, 0) is 37.0 Å². The molecule has 17 heavy (non-hydrogen) atoms. The fourth-order valence-electron chi connectivity index (χ4n) is 3.69. The van der Waals surface area contributed by atoms with Gasteiger partial charge in [0.2, 0.25) is 0 Å². The number of ether oxygens (including phenoxy) is 1. The molecule has 2 fully saturated rings. The average molecular weight is 350 g/mol. The van der Waals surface area contributed by atoms with Crippen molar-refractivity contribution in [3.63, 3.8) is 0 Å². The van der Waals surface area contributed by atoms with E-state index in [1.807, 2.05) is 6.92 Å². The number of hydrogen-bond donors (Lipinski definition) is 0. The van der Waals surface area contributed by atoms with E-state index in [-0.39, 0.29) is 21.4 Å².